The van der Waals surface area contributed by atoms with Crippen molar-refractivity contribution in [3.63, 3.8) is 0 Å². The average Bonchev–Trinajstić information content (AvgIpc) is 1.66. The molecule has 4 saturated heterocycles. The molecule has 18 rings (SSSR count). The van der Waals surface area contributed by atoms with Gasteiger partial charge in [0.1, 0.15) is 5.52 Å². The highest BCUT2D eigenvalue weighted by atomic mass is 35.5. The van der Waals surface area contributed by atoms with Gasteiger partial charge < -0.3 is 67.3 Å². The van der Waals surface area contributed by atoms with Crippen LogP contribution in [0.1, 0.15) is 263 Å². The number of hydrogen-bond donors (Lipinski definition) is 6. The lowest BCUT2D eigenvalue weighted by Crippen LogP contribution is -2.42. The molecule has 3 amide bonds. The monoisotopic (exact) mass is 2170 g/mol. The summed E-state index contributed by atoms with van der Waals surface area (Å²) in [7, 11) is 0. The fourth-order valence-corrected chi connectivity index (χ4v) is 25.4. The summed E-state index contributed by atoms with van der Waals surface area (Å²) < 4.78 is 26.4. The molecular formula is C114H133Cl3N16O13S4. The number of benzene rings is 7. The van der Waals surface area contributed by atoms with Crippen molar-refractivity contribution in [2.45, 2.75) is 261 Å². The van der Waals surface area contributed by atoms with Crippen molar-refractivity contribution >= 4 is 176 Å². The summed E-state index contributed by atoms with van der Waals surface area (Å²) >= 11 is 24.2. The zero-order chi connectivity index (χ0) is 105. The second-order valence-electron chi connectivity index (χ2n) is 40.1. The molecule has 0 bridgehead atoms. The van der Waals surface area contributed by atoms with Crippen LogP contribution in [0.5, 0.6) is 0 Å². The van der Waals surface area contributed by atoms with Gasteiger partial charge in [-0.1, -0.05) is 177 Å². The van der Waals surface area contributed by atoms with E-state index in [-0.39, 0.29) is 140 Å². The number of thiazole rings is 4. The number of carbonyl (C=O) groups excluding carboxylic acids is 9. The molecule has 9 atom stereocenters. The van der Waals surface area contributed by atoms with Crippen LogP contribution in [0.15, 0.2) is 190 Å². The van der Waals surface area contributed by atoms with Crippen molar-refractivity contribution < 1.29 is 61.8 Å². The molecule has 0 spiro atoms. The molecule has 2 saturated carbocycles. The van der Waals surface area contributed by atoms with E-state index < -0.39 is 35.9 Å². The number of halogens is 3. The van der Waals surface area contributed by atoms with E-state index in [4.69, 9.17) is 92.1 Å². The molecule has 2 aliphatic carbocycles. The predicted molar refractivity (Wildman–Crippen MR) is 592 cm³/mol. The van der Waals surface area contributed by atoms with Gasteiger partial charge in [0.25, 0.3) is 5.89 Å². The number of aryl methyl sites for hydroxylation is 1. The minimum absolute atomic E-state index is 0.00298. The maximum absolute atomic E-state index is 14.3. The SMILES string of the molecule is Cc1sc(C2CCCCC2)nc1CC(=O)N1C[C@H](OCc2ccc(Cl)cc2)C[C@H]1C(=O)C[C@@H](CCCN=C(N)N)C(=O)c1nc2ccccc2s1.NC(N)=NCCC[C@H](CC(=O)[C@@H]1C[C@@H](OCc2ccc(Cl)cc2)CN1C(=O)Cc1csc(C2CCCCC2)n1)C(=O)c1nc2ccccc2s1.NCCCC[C@H](CC(=O)[C@@H]1C[C@@H](OCc2ccc(Cl)cc2)CN1C(=O)Cc1ccc(C2CCNCC2)cc1)C(=O)c1nc2ccccc2o1. The molecule has 12 aromatic rings. The van der Waals surface area contributed by atoms with E-state index in [0.29, 0.717) is 158 Å². The first-order valence-electron chi connectivity index (χ1n) is 52.5. The standard InChI is InChI=1S/C39H45ClN4O5.C38H45ClN6O4S2.C37H43ClN6O4S2/c40-31-14-10-27(11-15-31)25-48-32-23-34(44(24-32)37(46)21-26-8-12-28(13-9-26)29-16-19-42-20-17-29)35(45)22-30(5-3-4-18-41)38(47)39-43-33-6-1-2-7-36(33)49-39;1-23-30(44-36(50-23)25-8-3-2-4-9-25)20-34(47)45-21-28(49-22-24-13-15-27(39)16-14-24)19-31(45)32(46)18-26(10-7-17-42-38(40)41)35(48)37-43-29-11-5-6-12-33(29)51-37;38-26-14-12-23(13-15-26)21-48-28-19-30(44(20-28)33(46)18-27-22-49-35(42-27)24-7-2-1-3-8-24)31(45)17-25(9-6-16-41-37(39)40)34(47)36-43-29-10-4-5-11-32(29)50-36/h1-2,6-15,29-30,32,34,42H,3-5,16-25,41H2;5-6,11-16,25-26,28,31H,2-4,7-10,17-22H2,1H3,(H4,40,41,42);4-5,10-15,22,24-25,28,30H,1-3,6-9,16-21H2,(H4,39,40,41)/t30-,32-,34+;26-,28-,31+;25-,28-,30+/m111/s1. The van der Waals surface area contributed by atoms with Gasteiger partial charge in [0, 0.05) is 126 Å². The number of carbonyl (C=O) groups is 9. The number of likely N-dealkylation sites (tertiary alicyclic amines) is 3. The number of ketones is 6. The number of guanidine groups is 2. The Morgan fingerprint density at radius 1 is 0.440 bits per heavy atom. The van der Waals surface area contributed by atoms with Crippen LogP contribution in [0.2, 0.25) is 15.1 Å². The number of fused-ring (bicyclic) bond motifs is 3. The molecule has 36 heteroatoms. The highest BCUT2D eigenvalue weighted by Gasteiger charge is 2.46. The van der Waals surface area contributed by atoms with E-state index in [2.05, 4.69) is 42.4 Å². The van der Waals surface area contributed by atoms with Crippen molar-refractivity contribution in [3.8, 4) is 0 Å². The number of ether oxygens (including phenoxy) is 3. The minimum Gasteiger partial charge on any atom is -0.434 e. The number of hydrogen-bond acceptors (Lipinski definition) is 26. The Labute approximate surface area is 905 Å². The molecule has 9 heterocycles. The molecule has 150 heavy (non-hydrogen) atoms. The van der Waals surface area contributed by atoms with Crippen LogP contribution < -0.4 is 34.0 Å². The number of nitrogens with zero attached hydrogens (tertiary/aromatic N) is 10. The van der Waals surface area contributed by atoms with Gasteiger partial charge in [0.2, 0.25) is 23.5 Å². The first kappa shape index (κ1) is 111. The molecular weight excluding hydrogens is 2040 g/mol. The van der Waals surface area contributed by atoms with E-state index in [0.717, 1.165) is 127 Å². The molecule has 0 radical (unpaired) electrons. The number of piperidine rings is 1. The number of oxazole rings is 1. The van der Waals surface area contributed by atoms with Gasteiger partial charge in [0.15, 0.2) is 56.4 Å². The largest absolute Gasteiger partial charge is 0.434 e. The zero-order valence-electron chi connectivity index (χ0n) is 84.7. The maximum atomic E-state index is 14.3. The third kappa shape index (κ3) is 31.1. The number of nitrogens with one attached hydrogen (secondary N) is 1. The highest BCUT2D eigenvalue weighted by molar-refractivity contribution is 7.20. The number of Topliss-reactive ketones (excluding diaryl/α,β-unsaturated/α-hetero) is 6. The Morgan fingerprint density at radius 3 is 1.31 bits per heavy atom. The summed E-state index contributed by atoms with van der Waals surface area (Å²) in [5.74, 6) is -2.14. The lowest BCUT2D eigenvalue weighted by atomic mass is 9.89. The lowest BCUT2D eigenvalue weighted by Gasteiger charge is -2.25. The fourth-order valence-electron chi connectivity index (χ4n) is 21.0. The van der Waals surface area contributed by atoms with Crippen molar-refractivity contribution in [1.82, 2.24) is 44.9 Å². The molecule has 29 nitrogen and oxygen atoms in total. The van der Waals surface area contributed by atoms with Gasteiger partial charge in [0.05, 0.1) is 117 Å². The Hall–Kier alpha value is -11.3. The van der Waals surface area contributed by atoms with Crippen LogP contribution >= 0.6 is 80.1 Å². The van der Waals surface area contributed by atoms with Gasteiger partial charge in [-0.3, -0.25) is 53.1 Å². The van der Waals surface area contributed by atoms with E-state index in [1.807, 2.05) is 158 Å². The average molecular weight is 2170 g/mol. The van der Waals surface area contributed by atoms with Gasteiger partial charge in [-0.05, 0) is 210 Å². The smallest absolute Gasteiger partial charge is 0.264 e. The topological polar surface area (TPSA) is 435 Å². The van der Waals surface area contributed by atoms with Gasteiger partial charge in [-0.25, -0.2) is 24.9 Å². The second-order valence-corrected chi connectivity index (χ2v) is 45.6. The van der Waals surface area contributed by atoms with Crippen LogP contribution in [-0.2, 0) is 82.1 Å². The molecule has 6 aliphatic rings. The van der Waals surface area contributed by atoms with Crippen LogP contribution in [0.4, 0.5) is 0 Å². The first-order valence-corrected chi connectivity index (χ1v) is 57.0. The van der Waals surface area contributed by atoms with Crippen LogP contribution in [0, 0.1) is 24.7 Å². The summed E-state index contributed by atoms with van der Waals surface area (Å²) in [6.07, 6.45) is 18.2. The zero-order valence-corrected chi connectivity index (χ0v) is 90.2. The van der Waals surface area contributed by atoms with Crippen molar-refractivity contribution in [1.29, 1.82) is 0 Å². The Morgan fingerprint density at radius 2 is 0.860 bits per heavy atom. The molecule has 4 aliphatic heterocycles. The van der Waals surface area contributed by atoms with E-state index in [1.54, 1.807) is 49.5 Å². The number of aromatic nitrogens is 5. The maximum Gasteiger partial charge on any atom is 0.264 e. The third-order valence-corrected chi connectivity index (χ3v) is 34.3. The minimum atomic E-state index is -0.729. The quantitative estimate of drug-likeness (QED) is 0.00893. The van der Waals surface area contributed by atoms with Crippen molar-refractivity contribution in [2.75, 3.05) is 52.4 Å². The number of rotatable bonds is 45. The second kappa shape index (κ2) is 54.8. The predicted octanol–water partition coefficient (Wildman–Crippen LogP) is 20.0. The molecule has 5 aromatic heterocycles. The normalized spacial score (nSPS) is 18.7. The Kier molecular flexibility index (Phi) is 40.7. The van der Waals surface area contributed by atoms with Crippen LogP contribution in [0.3, 0.4) is 0 Å². The summed E-state index contributed by atoms with van der Waals surface area (Å²) in [4.78, 5) is 164. The summed E-state index contributed by atoms with van der Waals surface area (Å²) in [5.41, 5.74) is 37.1. The number of aliphatic imine (C=N–C) groups is 2. The first-order chi connectivity index (χ1) is 72.7. The Balaban J connectivity index is 0.000000160. The highest BCUT2D eigenvalue weighted by Crippen LogP contribution is 2.41. The summed E-state index contributed by atoms with van der Waals surface area (Å²) in [6.45, 7) is 7.08. The number of nitrogens with two attached hydrogens (primary N) is 5. The van der Waals surface area contributed by atoms with Gasteiger partial charge in [-0.2, -0.15) is 0 Å². The third-order valence-electron chi connectivity index (χ3n) is 29.2. The molecule has 6 fully saturated rings. The van der Waals surface area contributed by atoms with Crippen LogP contribution in [0.25, 0.3) is 31.5 Å². The summed E-state index contributed by atoms with van der Waals surface area (Å²) in [6, 6.07) is 50.8. The molecule has 792 valence electrons. The number of para-hydroxylation sites is 4. The molecule has 11 N–H and O–H groups in total. The van der Waals surface area contributed by atoms with Crippen molar-refractivity contribution in [2.24, 2.45) is 56.4 Å². The van der Waals surface area contributed by atoms with Gasteiger partial charge >= 0.3 is 0 Å². The van der Waals surface area contributed by atoms with Gasteiger partial charge in [-0.15, -0.1) is 45.3 Å². The summed E-state index contributed by atoms with van der Waals surface area (Å²) in [5, 5.41) is 10.3. The molecule has 0 unspecified atom stereocenters. The fraction of sp³-hybridized carbons (Fsp3) is 0.456. The molecule has 7 aromatic carbocycles. The number of unbranched alkanes of at least 4 members (excludes halogenated alkanes) is 1. The van der Waals surface area contributed by atoms with Crippen LogP contribution in [-0.4, -0.2) is 193 Å². The van der Waals surface area contributed by atoms with E-state index >= 15 is 0 Å². The van der Waals surface area contributed by atoms with E-state index in [9.17, 15) is 43.2 Å². The van der Waals surface area contributed by atoms with Crippen molar-refractivity contribution in [3.05, 3.63) is 260 Å². The Bertz CT molecular complexity index is 6550. The van der Waals surface area contributed by atoms with E-state index in [1.165, 1.54) is 66.8 Å². The number of amides is 3. The lowest BCUT2D eigenvalue weighted by molar-refractivity contribution is -0.137.